The molecule has 0 bridgehead atoms. The van der Waals surface area contributed by atoms with Crippen molar-refractivity contribution < 1.29 is 4.79 Å². The summed E-state index contributed by atoms with van der Waals surface area (Å²) in [6.07, 6.45) is 4.09. The van der Waals surface area contributed by atoms with E-state index in [9.17, 15) is 4.79 Å². The molecule has 1 amide bonds. The fourth-order valence-corrected chi connectivity index (χ4v) is 3.43. The van der Waals surface area contributed by atoms with Crippen LogP contribution in [0.3, 0.4) is 0 Å². The van der Waals surface area contributed by atoms with Gasteiger partial charge in [0.15, 0.2) is 0 Å². The Hall–Kier alpha value is -1.00. The van der Waals surface area contributed by atoms with Crippen LogP contribution in [0.4, 0.5) is 0 Å². The van der Waals surface area contributed by atoms with Gasteiger partial charge in [-0.25, -0.2) is 0 Å². The highest BCUT2D eigenvalue weighted by atomic mass is 32.2. The molecule has 1 atom stereocenters. The first-order chi connectivity index (χ1) is 9.28. The lowest BCUT2D eigenvalue weighted by molar-refractivity contribution is -0.135. The minimum atomic E-state index is 0.201. The molecule has 3 rings (SSSR count). The Morgan fingerprint density at radius 2 is 2.32 bits per heavy atom. The second-order valence-electron chi connectivity index (χ2n) is 5.33. The predicted octanol–water partition coefficient (Wildman–Crippen LogP) is 1.90. The van der Waals surface area contributed by atoms with Crippen molar-refractivity contribution in [1.29, 1.82) is 0 Å². The number of benzene rings is 1. The van der Waals surface area contributed by atoms with Crippen LogP contribution in [-0.2, 0) is 17.8 Å². The minimum Gasteiger partial charge on any atom is -0.338 e. The third-order valence-electron chi connectivity index (χ3n) is 4.15. The first-order valence-corrected chi connectivity index (χ1v) is 8.15. The van der Waals surface area contributed by atoms with Crippen molar-refractivity contribution in [2.45, 2.75) is 24.3 Å². The van der Waals surface area contributed by atoms with E-state index in [4.69, 9.17) is 0 Å². The Morgan fingerprint density at radius 3 is 3.05 bits per heavy atom. The number of rotatable bonds is 2. The lowest BCUT2D eigenvalue weighted by Crippen LogP contribution is -2.40. The third kappa shape index (κ3) is 2.65. The average molecular weight is 276 g/mol. The molecule has 2 heterocycles. The molecule has 3 nitrogen and oxygen atoms in total. The maximum Gasteiger partial charge on any atom is 0.227 e. The Kier molecular flexibility index (Phi) is 3.80. The largest absolute Gasteiger partial charge is 0.338 e. The summed E-state index contributed by atoms with van der Waals surface area (Å²) in [5.41, 5.74) is 2.74. The zero-order valence-electron chi connectivity index (χ0n) is 11.3. The van der Waals surface area contributed by atoms with Gasteiger partial charge in [-0.2, -0.15) is 0 Å². The second-order valence-corrected chi connectivity index (χ2v) is 6.21. The van der Waals surface area contributed by atoms with Gasteiger partial charge in [0.2, 0.25) is 5.91 Å². The molecule has 2 aliphatic rings. The topological polar surface area (TPSA) is 32.3 Å². The molecule has 2 aliphatic heterocycles. The van der Waals surface area contributed by atoms with Crippen molar-refractivity contribution in [3.63, 3.8) is 0 Å². The Labute approximate surface area is 118 Å². The highest BCUT2D eigenvalue weighted by molar-refractivity contribution is 7.98. The molecule has 0 saturated carbocycles. The van der Waals surface area contributed by atoms with Crippen LogP contribution in [0.2, 0.25) is 0 Å². The van der Waals surface area contributed by atoms with Gasteiger partial charge in [-0.3, -0.25) is 4.79 Å². The molecule has 0 aromatic heterocycles. The third-order valence-corrected chi connectivity index (χ3v) is 4.87. The number of thioether (sulfide) groups is 1. The summed E-state index contributed by atoms with van der Waals surface area (Å²) in [6.45, 7) is 3.50. The van der Waals surface area contributed by atoms with Crippen LogP contribution >= 0.6 is 11.8 Å². The van der Waals surface area contributed by atoms with E-state index in [1.165, 1.54) is 16.0 Å². The van der Waals surface area contributed by atoms with E-state index in [2.05, 4.69) is 29.8 Å². The monoisotopic (exact) mass is 276 g/mol. The zero-order valence-corrected chi connectivity index (χ0v) is 12.1. The predicted molar refractivity (Wildman–Crippen MR) is 78.3 cm³/mol. The molecule has 0 aliphatic carbocycles. The smallest absolute Gasteiger partial charge is 0.227 e. The maximum atomic E-state index is 12.4. The highest BCUT2D eigenvalue weighted by Gasteiger charge is 2.29. The molecular formula is C15H20N2OS. The summed E-state index contributed by atoms with van der Waals surface area (Å²) in [4.78, 5) is 15.8. The fraction of sp³-hybridized carbons (Fsp3) is 0.533. The molecule has 0 radical (unpaired) electrons. The Bertz CT molecular complexity index is 483. The summed E-state index contributed by atoms with van der Waals surface area (Å²) in [6, 6.07) is 6.63. The quantitative estimate of drug-likeness (QED) is 0.837. The summed E-state index contributed by atoms with van der Waals surface area (Å²) in [5.74, 6) is 0.539. The number of amides is 1. The van der Waals surface area contributed by atoms with E-state index in [0.717, 1.165) is 39.0 Å². The number of carbonyl (C=O) groups excluding carboxylic acids is 1. The van der Waals surface area contributed by atoms with Gasteiger partial charge in [0.25, 0.3) is 0 Å². The molecule has 1 saturated heterocycles. The van der Waals surface area contributed by atoms with Gasteiger partial charge >= 0.3 is 0 Å². The molecule has 1 aromatic rings. The van der Waals surface area contributed by atoms with Crippen molar-refractivity contribution in [3.05, 3.63) is 29.3 Å². The van der Waals surface area contributed by atoms with E-state index in [1.54, 1.807) is 11.8 Å². The summed E-state index contributed by atoms with van der Waals surface area (Å²) >= 11 is 1.78. The molecule has 4 heteroatoms. The number of nitrogens with one attached hydrogen (secondary N) is 1. The standard InChI is InChI=1S/C15H20N2OS/c1-19-14-3-2-13-10-17(7-5-11(13)8-14)15(18)12-4-6-16-9-12/h2-3,8,12,16H,4-7,9-10H2,1H3/t12-/m1/s1. The van der Waals surface area contributed by atoms with Gasteiger partial charge in [0.05, 0.1) is 5.92 Å². The van der Waals surface area contributed by atoms with Crippen molar-refractivity contribution in [1.82, 2.24) is 10.2 Å². The first kappa shape index (κ1) is 13.0. The molecule has 102 valence electrons. The molecule has 1 aromatic carbocycles. The Morgan fingerprint density at radius 1 is 1.42 bits per heavy atom. The van der Waals surface area contributed by atoms with Gasteiger partial charge < -0.3 is 10.2 Å². The molecule has 1 N–H and O–H groups in total. The lowest BCUT2D eigenvalue weighted by Gasteiger charge is -2.31. The van der Waals surface area contributed by atoms with Crippen LogP contribution in [-0.4, -0.2) is 36.7 Å². The molecule has 19 heavy (non-hydrogen) atoms. The van der Waals surface area contributed by atoms with E-state index >= 15 is 0 Å². The summed E-state index contributed by atoms with van der Waals surface area (Å²) in [7, 11) is 0. The maximum absolute atomic E-state index is 12.4. The van der Waals surface area contributed by atoms with Crippen LogP contribution in [0, 0.1) is 5.92 Å². The Balaban J connectivity index is 1.73. The van der Waals surface area contributed by atoms with Gasteiger partial charge in [-0.1, -0.05) is 6.07 Å². The van der Waals surface area contributed by atoms with Crippen LogP contribution in [0.15, 0.2) is 23.1 Å². The number of hydrogen-bond donors (Lipinski definition) is 1. The average Bonchev–Trinajstić information content (AvgIpc) is 2.99. The van der Waals surface area contributed by atoms with Gasteiger partial charge in [0.1, 0.15) is 0 Å². The van der Waals surface area contributed by atoms with Crippen LogP contribution in [0.1, 0.15) is 17.5 Å². The van der Waals surface area contributed by atoms with Gasteiger partial charge in [-0.05, 0) is 48.9 Å². The highest BCUT2D eigenvalue weighted by Crippen LogP contribution is 2.25. The number of fused-ring (bicyclic) bond motifs is 1. The van der Waals surface area contributed by atoms with Crippen molar-refractivity contribution in [3.8, 4) is 0 Å². The molecule has 0 spiro atoms. The second kappa shape index (κ2) is 5.55. The SMILES string of the molecule is CSc1ccc2c(c1)CCN(C(=O)[C@@H]1CCNC1)C2. The number of nitrogens with zero attached hydrogens (tertiary/aromatic N) is 1. The fourth-order valence-electron chi connectivity index (χ4n) is 2.97. The van der Waals surface area contributed by atoms with Crippen molar-refractivity contribution in [2.75, 3.05) is 25.9 Å². The minimum absolute atomic E-state index is 0.201. The lowest BCUT2D eigenvalue weighted by atomic mass is 9.98. The van der Waals surface area contributed by atoms with Gasteiger partial charge in [-0.15, -0.1) is 11.8 Å². The zero-order chi connectivity index (χ0) is 13.2. The van der Waals surface area contributed by atoms with Crippen LogP contribution in [0.5, 0.6) is 0 Å². The van der Waals surface area contributed by atoms with E-state index in [-0.39, 0.29) is 5.92 Å². The number of hydrogen-bond acceptors (Lipinski definition) is 3. The van der Waals surface area contributed by atoms with Crippen molar-refractivity contribution in [2.24, 2.45) is 5.92 Å². The summed E-state index contributed by atoms with van der Waals surface area (Å²) < 4.78 is 0. The summed E-state index contributed by atoms with van der Waals surface area (Å²) in [5, 5.41) is 3.28. The normalized spacial score (nSPS) is 22.4. The molecular weight excluding hydrogens is 256 g/mol. The number of carbonyl (C=O) groups is 1. The van der Waals surface area contributed by atoms with E-state index in [0.29, 0.717) is 5.91 Å². The first-order valence-electron chi connectivity index (χ1n) is 6.93. The molecule has 1 fully saturated rings. The van der Waals surface area contributed by atoms with Crippen LogP contribution < -0.4 is 5.32 Å². The van der Waals surface area contributed by atoms with Gasteiger partial charge in [0, 0.05) is 24.5 Å². The molecule has 0 unspecified atom stereocenters. The van der Waals surface area contributed by atoms with E-state index < -0.39 is 0 Å². The van der Waals surface area contributed by atoms with E-state index in [1.807, 2.05) is 4.90 Å². The van der Waals surface area contributed by atoms with Crippen molar-refractivity contribution >= 4 is 17.7 Å². The van der Waals surface area contributed by atoms with Crippen LogP contribution in [0.25, 0.3) is 0 Å².